The molecule has 1 aliphatic heterocycles. The van der Waals surface area contributed by atoms with Gasteiger partial charge in [-0.3, -0.25) is 9.48 Å². The van der Waals surface area contributed by atoms with Gasteiger partial charge >= 0.3 is 6.03 Å². The predicted octanol–water partition coefficient (Wildman–Crippen LogP) is 1.69. The molecule has 3 rings (SSSR count). The third kappa shape index (κ3) is 4.62. The Bertz CT molecular complexity index is 746. The Morgan fingerprint density at radius 2 is 2.00 bits per heavy atom. The highest BCUT2D eigenvalue weighted by atomic mass is 16.2. The molecule has 0 radical (unpaired) electrons. The molecule has 0 bridgehead atoms. The molecule has 3 amide bonds. The molecule has 2 heterocycles. The van der Waals surface area contributed by atoms with Gasteiger partial charge in [0.05, 0.1) is 12.6 Å². The summed E-state index contributed by atoms with van der Waals surface area (Å²) in [5, 5.41) is 13.0. The Kier molecular flexibility index (Phi) is 5.55. The minimum Gasteiger partial charge on any atom is -0.347 e. The van der Waals surface area contributed by atoms with E-state index in [1.54, 1.807) is 10.7 Å². The quantitative estimate of drug-likeness (QED) is 0.737. The van der Waals surface area contributed by atoms with E-state index in [2.05, 4.69) is 34.9 Å². The molecule has 1 aliphatic rings. The number of aromatic nitrogens is 2. The first-order chi connectivity index (χ1) is 12.5. The maximum Gasteiger partial charge on any atom is 0.315 e. The van der Waals surface area contributed by atoms with Crippen LogP contribution in [0.3, 0.4) is 0 Å². The highest BCUT2D eigenvalue weighted by molar-refractivity contribution is 5.92. The number of nitrogens with one attached hydrogen (secondary N) is 3. The zero-order valence-electron chi connectivity index (χ0n) is 15.2. The van der Waals surface area contributed by atoms with Crippen LogP contribution in [0.4, 0.5) is 4.79 Å². The summed E-state index contributed by atoms with van der Waals surface area (Å²) in [4.78, 5) is 24.1. The molecule has 1 aromatic heterocycles. The number of carbonyl (C=O) groups excluding carboxylic acids is 2. The van der Waals surface area contributed by atoms with Crippen LogP contribution in [0.1, 0.15) is 35.6 Å². The van der Waals surface area contributed by atoms with Crippen molar-refractivity contribution in [1.82, 2.24) is 25.7 Å². The largest absolute Gasteiger partial charge is 0.347 e. The topological polar surface area (TPSA) is 88.1 Å². The van der Waals surface area contributed by atoms with Gasteiger partial charge in [0, 0.05) is 25.2 Å². The van der Waals surface area contributed by atoms with Gasteiger partial charge in [-0.2, -0.15) is 5.10 Å². The van der Waals surface area contributed by atoms with Gasteiger partial charge in [0.1, 0.15) is 5.69 Å². The smallest absolute Gasteiger partial charge is 0.315 e. The van der Waals surface area contributed by atoms with Gasteiger partial charge in [-0.25, -0.2) is 4.79 Å². The lowest BCUT2D eigenvalue weighted by Crippen LogP contribution is -2.44. The summed E-state index contributed by atoms with van der Waals surface area (Å²) < 4.78 is 1.80. The van der Waals surface area contributed by atoms with Crippen LogP contribution in [0.25, 0.3) is 0 Å². The third-order valence-corrected chi connectivity index (χ3v) is 4.25. The van der Waals surface area contributed by atoms with E-state index in [1.807, 2.05) is 30.3 Å². The number of amides is 3. The maximum absolute atomic E-state index is 12.3. The van der Waals surface area contributed by atoms with E-state index >= 15 is 0 Å². The van der Waals surface area contributed by atoms with E-state index in [9.17, 15) is 9.59 Å². The van der Waals surface area contributed by atoms with Crippen molar-refractivity contribution >= 4 is 11.9 Å². The third-order valence-electron chi connectivity index (χ3n) is 4.25. The van der Waals surface area contributed by atoms with E-state index in [-0.39, 0.29) is 18.0 Å². The van der Waals surface area contributed by atoms with E-state index < -0.39 is 0 Å². The Balaban J connectivity index is 1.49. The summed E-state index contributed by atoms with van der Waals surface area (Å²) in [7, 11) is 0. The SMILES string of the molecule is CC(C)CNC(=O)N[C@H]1Cc2cc(C(=O)NCc3ccccc3)nn2C1. The lowest BCUT2D eigenvalue weighted by Gasteiger charge is -2.14. The fourth-order valence-electron chi connectivity index (χ4n) is 2.91. The first-order valence-electron chi connectivity index (χ1n) is 8.94. The molecule has 3 N–H and O–H groups in total. The van der Waals surface area contributed by atoms with Crippen molar-refractivity contribution in [2.75, 3.05) is 6.54 Å². The van der Waals surface area contributed by atoms with E-state index in [0.717, 1.165) is 11.3 Å². The fraction of sp³-hybridized carbons (Fsp3) is 0.421. The van der Waals surface area contributed by atoms with Gasteiger partial charge in [-0.15, -0.1) is 0 Å². The molecule has 1 atom stereocenters. The van der Waals surface area contributed by atoms with Crippen LogP contribution in [-0.2, 0) is 19.5 Å². The van der Waals surface area contributed by atoms with Gasteiger partial charge in [-0.05, 0) is 17.5 Å². The van der Waals surface area contributed by atoms with Crippen LogP contribution in [-0.4, -0.2) is 34.3 Å². The molecule has 0 spiro atoms. The average Bonchev–Trinajstić information content (AvgIpc) is 3.17. The lowest BCUT2D eigenvalue weighted by molar-refractivity contribution is 0.0944. The van der Waals surface area contributed by atoms with Gasteiger partial charge < -0.3 is 16.0 Å². The second-order valence-electron chi connectivity index (χ2n) is 7.02. The molecular weight excluding hydrogens is 330 g/mol. The average molecular weight is 355 g/mol. The molecule has 0 saturated carbocycles. The summed E-state index contributed by atoms with van der Waals surface area (Å²) in [6.45, 7) is 5.80. The van der Waals surface area contributed by atoms with Crippen molar-refractivity contribution < 1.29 is 9.59 Å². The van der Waals surface area contributed by atoms with Crippen molar-refractivity contribution in [2.45, 2.75) is 39.4 Å². The number of carbonyl (C=O) groups is 2. The number of fused-ring (bicyclic) bond motifs is 1. The molecule has 0 fully saturated rings. The summed E-state index contributed by atoms with van der Waals surface area (Å²) in [6.07, 6.45) is 0.675. The molecule has 1 aromatic carbocycles. The van der Waals surface area contributed by atoms with E-state index in [4.69, 9.17) is 0 Å². The van der Waals surface area contributed by atoms with Gasteiger partial charge in [-0.1, -0.05) is 44.2 Å². The molecule has 138 valence electrons. The Morgan fingerprint density at radius 1 is 1.23 bits per heavy atom. The molecule has 0 saturated heterocycles. The second kappa shape index (κ2) is 8.03. The van der Waals surface area contributed by atoms with Crippen molar-refractivity contribution in [1.29, 1.82) is 0 Å². The van der Waals surface area contributed by atoms with Crippen LogP contribution in [0.15, 0.2) is 36.4 Å². The maximum atomic E-state index is 12.3. The number of urea groups is 1. The van der Waals surface area contributed by atoms with Crippen molar-refractivity contribution in [3.8, 4) is 0 Å². The number of hydrogen-bond donors (Lipinski definition) is 3. The molecule has 2 aromatic rings. The summed E-state index contributed by atoms with van der Waals surface area (Å²) in [5.74, 6) is 0.228. The number of nitrogens with zero attached hydrogens (tertiary/aromatic N) is 2. The summed E-state index contributed by atoms with van der Waals surface area (Å²) in [5.41, 5.74) is 2.42. The van der Waals surface area contributed by atoms with Crippen molar-refractivity contribution in [3.63, 3.8) is 0 Å². The molecule has 7 nitrogen and oxygen atoms in total. The van der Waals surface area contributed by atoms with Crippen molar-refractivity contribution in [3.05, 3.63) is 53.3 Å². The Morgan fingerprint density at radius 3 is 2.69 bits per heavy atom. The number of rotatable bonds is 6. The Hall–Kier alpha value is -2.83. The zero-order valence-corrected chi connectivity index (χ0v) is 15.2. The molecule has 0 aliphatic carbocycles. The fourth-order valence-corrected chi connectivity index (χ4v) is 2.91. The van der Waals surface area contributed by atoms with Crippen LogP contribution in [0.5, 0.6) is 0 Å². The predicted molar refractivity (Wildman–Crippen MR) is 98.7 cm³/mol. The monoisotopic (exact) mass is 355 g/mol. The first kappa shape index (κ1) is 18.0. The standard InChI is InChI=1S/C19H25N5O2/c1-13(2)10-21-19(26)22-15-8-16-9-17(23-24(16)12-15)18(25)20-11-14-6-4-3-5-7-14/h3-7,9,13,15H,8,10-12H2,1-2H3,(H,20,25)(H2,21,22,26)/t15-/m0/s1. The molecule has 7 heteroatoms. The van der Waals surface area contributed by atoms with Gasteiger partial charge in [0.15, 0.2) is 0 Å². The minimum atomic E-state index is -0.185. The molecule has 26 heavy (non-hydrogen) atoms. The highest BCUT2D eigenvalue weighted by Crippen LogP contribution is 2.16. The Labute approximate surface area is 153 Å². The second-order valence-corrected chi connectivity index (χ2v) is 7.02. The lowest BCUT2D eigenvalue weighted by atomic mass is 10.2. The highest BCUT2D eigenvalue weighted by Gasteiger charge is 2.26. The van der Waals surface area contributed by atoms with E-state index in [1.165, 1.54) is 0 Å². The summed E-state index contributed by atoms with van der Waals surface area (Å²) >= 11 is 0. The van der Waals surface area contributed by atoms with Crippen LogP contribution < -0.4 is 16.0 Å². The first-order valence-corrected chi connectivity index (χ1v) is 8.94. The molecule has 0 unspecified atom stereocenters. The van der Waals surface area contributed by atoms with Gasteiger partial charge in [0.25, 0.3) is 5.91 Å². The summed E-state index contributed by atoms with van der Waals surface area (Å²) in [6, 6.07) is 11.4. The van der Waals surface area contributed by atoms with Gasteiger partial charge in [0.2, 0.25) is 0 Å². The number of hydrogen-bond acceptors (Lipinski definition) is 3. The zero-order chi connectivity index (χ0) is 18.5. The van der Waals surface area contributed by atoms with Crippen LogP contribution in [0, 0.1) is 5.92 Å². The van der Waals surface area contributed by atoms with Crippen LogP contribution >= 0.6 is 0 Å². The number of benzene rings is 1. The van der Waals surface area contributed by atoms with E-state index in [0.29, 0.717) is 37.7 Å². The van der Waals surface area contributed by atoms with Crippen molar-refractivity contribution in [2.24, 2.45) is 5.92 Å². The molecular formula is C19H25N5O2. The van der Waals surface area contributed by atoms with Crippen LogP contribution in [0.2, 0.25) is 0 Å². The minimum absolute atomic E-state index is 0.00564. The normalized spacial score (nSPS) is 15.6.